The van der Waals surface area contributed by atoms with E-state index in [1.165, 1.54) is 7.05 Å². The van der Waals surface area contributed by atoms with Gasteiger partial charge in [0.2, 0.25) is 0 Å². The second-order valence-corrected chi connectivity index (χ2v) is 2.85. The van der Waals surface area contributed by atoms with E-state index in [1.807, 2.05) is 0 Å². The Morgan fingerprint density at radius 1 is 1.62 bits per heavy atom. The second-order valence-electron chi connectivity index (χ2n) is 2.45. The van der Waals surface area contributed by atoms with Crippen LogP contribution in [-0.4, -0.2) is 21.1 Å². The van der Waals surface area contributed by atoms with Gasteiger partial charge in [-0.2, -0.15) is 18.3 Å². The Kier molecular flexibility index (Phi) is 2.53. The van der Waals surface area contributed by atoms with Crippen molar-refractivity contribution in [3.8, 4) is 0 Å². The minimum absolute atomic E-state index is 0.202. The lowest BCUT2D eigenvalue weighted by atomic mass is 10.2. The lowest BCUT2D eigenvalue weighted by Gasteiger charge is -2.14. The number of aryl methyl sites for hydroxylation is 1. The second kappa shape index (κ2) is 3.19. The van der Waals surface area contributed by atoms with Crippen molar-refractivity contribution in [1.82, 2.24) is 9.78 Å². The maximum Gasteiger partial charge on any atom is 0.420 e. The Morgan fingerprint density at radius 3 is 2.46 bits per heavy atom. The molecule has 1 aromatic rings. The van der Waals surface area contributed by atoms with Crippen LogP contribution in [-0.2, 0) is 7.05 Å². The van der Waals surface area contributed by atoms with E-state index in [9.17, 15) is 13.2 Å². The van der Waals surface area contributed by atoms with Crippen molar-refractivity contribution >= 4 is 11.6 Å². The van der Waals surface area contributed by atoms with Gasteiger partial charge in [-0.1, -0.05) is 11.6 Å². The van der Waals surface area contributed by atoms with E-state index in [1.54, 1.807) is 0 Å². The number of hydrogen-bond donors (Lipinski definition) is 1. The van der Waals surface area contributed by atoms with Gasteiger partial charge in [0.1, 0.15) is 0 Å². The molecular weight excluding hydrogens is 209 g/mol. The van der Waals surface area contributed by atoms with Crippen molar-refractivity contribution in [1.29, 1.82) is 0 Å². The van der Waals surface area contributed by atoms with E-state index in [0.29, 0.717) is 0 Å². The molecule has 0 saturated heterocycles. The Bertz CT molecular complexity index is 290. The number of alkyl halides is 3. The fourth-order valence-corrected chi connectivity index (χ4v) is 1.15. The van der Waals surface area contributed by atoms with Gasteiger partial charge in [-0.05, 0) is 0 Å². The van der Waals surface area contributed by atoms with Crippen molar-refractivity contribution in [2.24, 2.45) is 7.05 Å². The molecule has 0 aromatic carbocycles. The van der Waals surface area contributed by atoms with Crippen LogP contribution < -0.4 is 0 Å². The Morgan fingerprint density at radius 2 is 2.15 bits per heavy atom. The molecular formula is C6H6ClF3N2O. The summed E-state index contributed by atoms with van der Waals surface area (Å²) in [5.41, 5.74) is -0.450. The molecule has 1 atom stereocenters. The van der Waals surface area contributed by atoms with Gasteiger partial charge in [-0.25, -0.2) is 0 Å². The average molecular weight is 215 g/mol. The summed E-state index contributed by atoms with van der Waals surface area (Å²) < 4.78 is 37.0. The van der Waals surface area contributed by atoms with Gasteiger partial charge in [-0.3, -0.25) is 4.68 Å². The van der Waals surface area contributed by atoms with Gasteiger partial charge in [0.15, 0.2) is 6.10 Å². The van der Waals surface area contributed by atoms with Gasteiger partial charge in [-0.15, -0.1) is 0 Å². The van der Waals surface area contributed by atoms with E-state index in [2.05, 4.69) is 5.10 Å². The molecule has 0 saturated carbocycles. The molecule has 0 bridgehead atoms. The predicted molar refractivity (Wildman–Crippen MR) is 39.2 cm³/mol. The number of halogens is 4. The third-order valence-corrected chi connectivity index (χ3v) is 1.80. The van der Waals surface area contributed by atoms with Gasteiger partial charge >= 0.3 is 6.18 Å². The molecule has 7 heteroatoms. The molecule has 0 aliphatic carbocycles. The van der Waals surface area contributed by atoms with Crippen molar-refractivity contribution < 1.29 is 18.3 Å². The first kappa shape index (κ1) is 10.3. The number of aliphatic hydroxyl groups excluding tert-OH is 1. The molecule has 0 radical (unpaired) electrons. The first-order chi connectivity index (χ1) is 5.84. The van der Waals surface area contributed by atoms with E-state index >= 15 is 0 Å². The Balaban J connectivity index is 3.08. The molecule has 13 heavy (non-hydrogen) atoms. The number of aliphatic hydroxyl groups is 1. The lowest BCUT2D eigenvalue weighted by Crippen LogP contribution is -2.22. The first-order valence-corrected chi connectivity index (χ1v) is 3.64. The Hall–Kier alpha value is -0.750. The molecule has 0 spiro atoms. The number of aromatic nitrogens is 2. The van der Waals surface area contributed by atoms with Crippen LogP contribution in [0.1, 0.15) is 11.8 Å². The molecule has 1 heterocycles. The summed E-state index contributed by atoms with van der Waals surface area (Å²) in [6.07, 6.45) is -6.27. The van der Waals surface area contributed by atoms with E-state index in [4.69, 9.17) is 16.7 Å². The fraction of sp³-hybridized carbons (Fsp3) is 0.500. The first-order valence-electron chi connectivity index (χ1n) is 3.26. The molecule has 1 aromatic heterocycles. The maximum absolute atomic E-state index is 12.0. The van der Waals surface area contributed by atoms with Crippen LogP contribution >= 0.6 is 11.6 Å². The zero-order valence-electron chi connectivity index (χ0n) is 6.51. The molecule has 74 valence electrons. The minimum atomic E-state index is -4.72. The molecule has 0 unspecified atom stereocenters. The SMILES string of the molecule is Cn1ncc(Cl)c1[C@@H](O)C(F)(F)F. The number of nitrogens with zero attached hydrogens (tertiary/aromatic N) is 2. The van der Waals surface area contributed by atoms with Crippen LogP contribution in [0, 0.1) is 0 Å². The zero-order valence-corrected chi connectivity index (χ0v) is 7.26. The smallest absolute Gasteiger partial charge is 0.378 e. The highest BCUT2D eigenvalue weighted by atomic mass is 35.5. The number of rotatable bonds is 1. The molecule has 1 N–H and O–H groups in total. The van der Waals surface area contributed by atoms with E-state index in [-0.39, 0.29) is 5.02 Å². The summed E-state index contributed by atoms with van der Waals surface area (Å²) in [5.74, 6) is 0. The highest BCUT2D eigenvalue weighted by Crippen LogP contribution is 2.35. The normalized spacial score (nSPS) is 14.6. The minimum Gasteiger partial charge on any atom is -0.378 e. The fourth-order valence-electron chi connectivity index (χ4n) is 0.883. The third kappa shape index (κ3) is 1.94. The van der Waals surface area contributed by atoms with Gasteiger partial charge in [0, 0.05) is 7.05 Å². The van der Waals surface area contributed by atoms with Crippen LogP contribution in [0.25, 0.3) is 0 Å². The van der Waals surface area contributed by atoms with Crippen LogP contribution in [0.4, 0.5) is 13.2 Å². The maximum atomic E-state index is 12.0. The standard InChI is InChI=1S/C6H6ClF3N2O/c1-12-4(3(7)2-11-12)5(13)6(8,9)10/h2,5,13H,1H3/t5-/m1/s1. The van der Waals surface area contributed by atoms with Crippen molar-refractivity contribution in [3.05, 3.63) is 16.9 Å². The van der Waals surface area contributed by atoms with E-state index in [0.717, 1.165) is 10.9 Å². The molecule has 0 amide bonds. The summed E-state index contributed by atoms with van der Waals surface area (Å²) in [4.78, 5) is 0. The van der Waals surface area contributed by atoms with Gasteiger partial charge in [0.05, 0.1) is 16.9 Å². The Labute approximate surface area is 76.7 Å². The molecule has 0 aliphatic heterocycles. The summed E-state index contributed by atoms with van der Waals surface area (Å²) in [5, 5.41) is 12.1. The predicted octanol–water partition coefficient (Wildman–Crippen LogP) is 1.67. The largest absolute Gasteiger partial charge is 0.420 e. The van der Waals surface area contributed by atoms with Crippen molar-refractivity contribution in [2.75, 3.05) is 0 Å². The van der Waals surface area contributed by atoms with Crippen LogP contribution in [0.2, 0.25) is 5.02 Å². The van der Waals surface area contributed by atoms with Gasteiger partial charge < -0.3 is 5.11 Å². The monoisotopic (exact) mass is 214 g/mol. The molecule has 0 aliphatic rings. The van der Waals surface area contributed by atoms with Crippen molar-refractivity contribution in [3.63, 3.8) is 0 Å². The summed E-state index contributed by atoms with van der Waals surface area (Å²) in [6, 6.07) is 0. The quantitative estimate of drug-likeness (QED) is 0.772. The van der Waals surface area contributed by atoms with Crippen LogP contribution in [0.15, 0.2) is 6.20 Å². The number of hydrogen-bond acceptors (Lipinski definition) is 2. The summed E-state index contributed by atoms with van der Waals surface area (Å²) in [7, 11) is 1.27. The topological polar surface area (TPSA) is 38.0 Å². The highest BCUT2D eigenvalue weighted by Gasteiger charge is 2.42. The van der Waals surface area contributed by atoms with Crippen LogP contribution in [0.3, 0.4) is 0 Å². The molecule has 3 nitrogen and oxygen atoms in total. The van der Waals surface area contributed by atoms with Crippen molar-refractivity contribution in [2.45, 2.75) is 12.3 Å². The zero-order chi connectivity index (χ0) is 10.2. The third-order valence-electron chi connectivity index (χ3n) is 1.51. The molecule has 1 rings (SSSR count). The highest BCUT2D eigenvalue weighted by molar-refractivity contribution is 6.31. The van der Waals surface area contributed by atoms with E-state index < -0.39 is 18.0 Å². The summed E-state index contributed by atoms with van der Waals surface area (Å²) >= 11 is 5.40. The van der Waals surface area contributed by atoms with Crippen LogP contribution in [0.5, 0.6) is 0 Å². The van der Waals surface area contributed by atoms with Gasteiger partial charge in [0.25, 0.3) is 0 Å². The average Bonchev–Trinajstić information content (AvgIpc) is 2.28. The lowest BCUT2D eigenvalue weighted by molar-refractivity contribution is -0.208. The molecule has 0 fully saturated rings. The summed E-state index contributed by atoms with van der Waals surface area (Å²) in [6.45, 7) is 0.